The van der Waals surface area contributed by atoms with E-state index in [2.05, 4.69) is 23.9 Å². The topological polar surface area (TPSA) is 119 Å². The zero-order chi connectivity index (χ0) is 16.6. The summed E-state index contributed by atoms with van der Waals surface area (Å²) in [6.45, 7) is 6.08. The first kappa shape index (κ1) is 19.7. The lowest BCUT2D eigenvalue weighted by molar-refractivity contribution is -0.129. The standard InChI is InChI=1S/C11H21N3O2S.C2H5NO/c1-7(2)6-8(10(12)15)13-11(16)9-4-3-5-14(9)17;1-2(3)4/h7-9,17H,3-6H2,1-2H3,(H2,12,15)(H,13,16);1H3,(H2,3,4). The highest BCUT2D eigenvalue weighted by Gasteiger charge is 2.31. The largest absolute Gasteiger partial charge is 0.370 e. The molecule has 0 aliphatic carbocycles. The van der Waals surface area contributed by atoms with Gasteiger partial charge in [0.25, 0.3) is 0 Å². The fourth-order valence-corrected chi connectivity index (χ4v) is 2.37. The summed E-state index contributed by atoms with van der Waals surface area (Å²) in [6.07, 6.45) is 2.30. The van der Waals surface area contributed by atoms with Crippen LogP contribution in [0.2, 0.25) is 0 Å². The predicted molar refractivity (Wildman–Crippen MR) is 84.2 cm³/mol. The SMILES string of the molecule is CC(C)CC(NC(=O)C1CCCN1S)C(N)=O.CC(N)=O. The molecular formula is C13H26N4O3S. The number of hydrogen-bond acceptors (Lipinski definition) is 5. The molecule has 0 spiro atoms. The Morgan fingerprint density at radius 2 is 1.86 bits per heavy atom. The van der Waals surface area contributed by atoms with Gasteiger partial charge in [-0.1, -0.05) is 26.7 Å². The molecule has 1 fully saturated rings. The van der Waals surface area contributed by atoms with Gasteiger partial charge in [-0.2, -0.15) is 0 Å². The lowest BCUT2D eigenvalue weighted by atomic mass is 10.0. The highest BCUT2D eigenvalue weighted by Crippen LogP contribution is 2.19. The third-order valence-electron chi connectivity index (χ3n) is 2.89. The van der Waals surface area contributed by atoms with Gasteiger partial charge in [-0.3, -0.25) is 14.4 Å². The highest BCUT2D eigenvalue weighted by molar-refractivity contribution is 7.77. The Bertz CT molecular complexity index is 372. The van der Waals surface area contributed by atoms with Gasteiger partial charge in [-0.25, -0.2) is 4.31 Å². The molecule has 0 aromatic carbocycles. The number of primary amides is 2. The van der Waals surface area contributed by atoms with Gasteiger partial charge < -0.3 is 16.8 Å². The van der Waals surface area contributed by atoms with E-state index in [-0.39, 0.29) is 17.9 Å². The smallest absolute Gasteiger partial charge is 0.240 e. The van der Waals surface area contributed by atoms with Crippen LogP contribution in [0.1, 0.15) is 40.0 Å². The molecule has 122 valence electrons. The molecular weight excluding hydrogens is 292 g/mol. The van der Waals surface area contributed by atoms with Crippen molar-refractivity contribution in [2.24, 2.45) is 17.4 Å². The Labute approximate surface area is 131 Å². The predicted octanol–water partition coefficient (Wildman–Crippen LogP) is -0.197. The number of hydrogen-bond donors (Lipinski definition) is 4. The summed E-state index contributed by atoms with van der Waals surface area (Å²) in [6, 6.07) is -0.822. The summed E-state index contributed by atoms with van der Waals surface area (Å²) < 4.78 is 1.71. The number of carbonyl (C=O) groups excluding carboxylic acids is 3. The number of thiol groups is 1. The van der Waals surface area contributed by atoms with Crippen LogP contribution in [-0.2, 0) is 14.4 Å². The monoisotopic (exact) mass is 318 g/mol. The maximum absolute atomic E-state index is 11.9. The molecule has 0 saturated carbocycles. The average molecular weight is 318 g/mol. The molecule has 1 saturated heterocycles. The van der Waals surface area contributed by atoms with Crippen molar-refractivity contribution in [2.75, 3.05) is 6.54 Å². The lowest BCUT2D eigenvalue weighted by Gasteiger charge is -2.22. The number of amides is 3. The van der Waals surface area contributed by atoms with E-state index < -0.39 is 11.9 Å². The quantitative estimate of drug-likeness (QED) is 0.525. The average Bonchev–Trinajstić information content (AvgIpc) is 2.73. The van der Waals surface area contributed by atoms with E-state index in [1.165, 1.54) is 6.92 Å². The Balaban J connectivity index is 0.000000885. The molecule has 7 nitrogen and oxygen atoms in total. The molecule has 1 rings (SSSR count). The summed E-state index contributed by atoms with van der Waals surface area (Å²) >= 11 is 4.23. The molecule has 1 aliphatic heterocycles. The van der Waals surface area contributed by atoms with Crippen LogP contribution in [0.3, 0.4) is 0 Å². The van der Waals surface area contributed by atoms with Crippen molar-refractivity contribution in [3.8, 4) is 0 Å². The second-order valence-corrected chi connectivity index (χ2v) is 6.04. The van der Waals surface area contributed by atoms with Gasteiger partial charge >= 0.3 is 0 Å². The molecule has 2 unspecified atom stereocenters. The maximum atomic E-state index is 11.9. The van der Waals surface area contributed by atoms with Gasteiger partial charge in [-0.05, 0) is 25.2 Å². The first-order chi connectivity index (χ1) is 9.65. The van der Waals surface area contributed by atoms with Crippen LogP contribution >= 0.6 is 12.8 Å². The van der Waals surface area contributed by atoms with Gasteiger partial charge in [-0.15, -0.1) is 0 Å². The van der Waals surface area contributed by atoms with Crippen LogP contribution in [0, 0.1) is 5.92 Å². The Hall–Kier alpha value is -1.28. The molecule has 1 heterocycles. The number of nitrogens with zero attached hydrogens (tertiary/aromatic N) is 1. The number of nitrogens with two attached hydrogens (primary N) is 2. The van der Waals surface area contributed by atoms with Crippen molar-refractivity contribution < 1.29 is 14.4 Å². The van der Waals surface area contributed by atoms with Gasteiger partial charge in [0.1, 0.15) is 6.04 Å². The summed E-state index contributed by atoms with van der Waals surface area (Å²) in [4.78, 5) is 32.4. The van der Waals surface area contributed by atoms with Gasteiger partial charge in [0.05, 0.1) is 6.04 Å². The second-order valence-electron chi connectivity index (χ2n) is 5.52. The van der Waals surface area contributed by atoms with Gasteiger partial charge in [0, 0.05) is 13.5 Å². The molecule has 0 bridgehead atoms. The van der Waals surface area contributed by atoms with Crippen LogP contribution in [0.25, 0.3) is 0 Å². The van der Waals surface area contributed by atoms with E-state index in [9.17, 15) is 14.4 Å². The van der Waals surface area contributed by atoms with E-state index >= 15 is 0 Å². The molecule has 0 aromatic rings. The van der Waals surface area contributed by atoms with E-state index in [4.69, 9.17) is 5.73 Å². The highest BCUT2D eigenvalue weighted by atomic mass is 32.1. The summed E-state index contributed by atoms with van der Waals surface area (Å²) in [7, 11) is 0. The maximum Gasteiger partial charge on any atom is 0.240 e. The van der Waals surface area contributed by atoms with Crippen LogP contribution in [-0.4, -0.2) is 40.7 Å². The fraction of sp³-hybridized carbons (Fsp3) is 0.769. The molecule has 3 amide bonds. The summed E-state index contributed by atoms with van der Waals surface area (Å²) in [5.41, 5.74) is 9.75. The minimum atomic E-state index is -0.579. The fourth-order valence-electron chi connectivity index (χ4n) is 2.00. The molecule has 1 aliphatic rings. The lowest BCUT2D eigenvalue weighted by Crippen LogP contribution is -2.50. The first-order valence-electron chi connectivity index (χ1n) is 6.96. The third-order valence-corrected chi connectivity index (χ3v) is 3.37. The van der Waals surface area contributed by atoms with E-state index in [0.29, 0.717) is 12.3 Å². The number of nitrogens with one attached hydrogen (secondary N) is 1. The van der Waals surface area contributed by atoms with Crippen molar-refractivity contribution >= 4 is 30.5 Å². The number of rotatable bonds is 5. The molecule has 0 aromatic heterocycles. The zero-order valence-corrected chi connectivity index (χ0v) is 13.7. The van der Waals surface area contributed by atoms with Crippen LogP contribution in [0.4, 0.5) is 0 Å². The normalized spacial score (nSPS) is 19.6. The van der Waals surface area contributed by atoms with Crippen molar-refractivity contribution in [2.45, 2.75) is 52.1 Å². The molecule has 0 radical (unpaired) electrons. The Morgan fingerprint density at radius 3 is 2.19 bits per heavy atom. The van der Waals surface area contributed by atoms with Crippen molar-refractivity contribution in [1.82, 2.24) is 9.62 Å². The minimum absolute atomic E-state index is 0.151. The van der Waals surface area contributed by atoms with Gasteiger partial charge in [0.15, 0.2) is 0 Å². The van der Waals surface area contributed by atoms with Crippen LogP contribution in [0.15, 0.2) is 0 Å². The Morgan fingerprint density at radius 1 is 1.33 bits per heavy atom. The molecule has 8 heteroatoms. The number of carbonyl (C=O) groups is 3. The van der Waals surface area contributed by atoms with Crippen LogP contribution < -0.4 is 16.8 Å². The minimum Gasteiger partial charge on any atom is -0.370 e. The third kappa shape index (κ3) is 8.56. The van der Waals surface area contributed by atoms with Crippen molar-refractivity contribution in [3.63, 3.8) is 0 Å². The van der Waals surface area contributed by atoms with E-state index in [1.807, 2.05) is 13.8 Å². The first-order valence-corrected chi connectivity index (χ1v) is 7.36. The van der Waals surface area contributed by atoms with Crippen LogP contribution in [0.5, 0.6) is 0 Å². The van der Waals surface area contributed by atoms with Crippen molar-refractivity contribution in [3.05, 3.63) is 0 Å². The summed E-state index contributed by atoms with van der Waals surface area (Å²) in [5, 5.41) is 2.72. The second kappa shape index (κ2) is 9.62. The molecule has 21 heavy (non-hydrogen) atoms. The Kier molecular flexibility index (Phi) is 9.03. The molecule has 5 N–H and O–H groups in total. The molecule has 2 atom stereocenters. The van der Waals surface area contributed by atoms with Crippen molar-refractivity contribution in [1.29, 1.82) is 0 Å². The zero-order valence-electron chi connectivity index (χ0n) is 12.8. The summed E-state index contributed by atoms with van der Waals surface area (Å²) in [5.74, 6) is -0.652. The van der Waals surface area contributed by atoms with E-state index in [0.717, 1.165) is 19.4 Å². The van der Waals surface area contributed by atoms with Gasteiger partial charge in [0.2, 0.25) is 17.7 Å². The van der Waals surface area contributed by atoms with E-state index in [1.54, 1.807) is 4.31 Å².